The van der Waals surface area contributed by atoms with Crippen molar-refractivity contribution in [3.05, 3.63) is 142 Å². The Morgan fingerprint density at radius 2 is 0.872 bits per heavy atom. The molecule has 2 aromatic heterocycles. The number of rotatable bonds is 3. The summed E-state index contributed by atoms with van der Waals surface area (Å²) >= 11 is 0. The van der Waals surface area contributed by atoms with Crippen molar-refractivity contribution < 1.29 is 0 Å². The van der Waals surface area contributed by atoms with Gasteiger partial charge in [0.05, 0.1) is 50.6 Å². The largest absolute Gasteiger partial charge is 0.309 e. The third-order valence-corrected chi connectivity index (χ3v) is 9.39. The van der Waals surface area contributed by atoms with Crippen molar-refractivity contribution >= 4 is 43.6 Å². The average Bonchev–Trinajstić information content (AvgIpc) is 3.54. The van der Waals surface area contributed by atoms with Crippen molar-refractivity contribution in [1.29, 1.82) is 10.5 Å². The van der Waals surface area contributed by atoms with Gasteiger partial charge in [-0.2, -0.15) is 10.5 Å². The number of aromatic nitrogens is 2. The average molecular weight is 605 g/mol. The highest BCUT2D eigenvalue weighted by molar-refractivity contribution is 6.11. The van der Waals surface area contributed by atoms with Gasteiger partial charge in [0.15, 0.2) is 0 Å². The summed E-state index contributed by atoms with van der Waals surface area (Å²) in [5, 5.41) is 25.5. The number of hydrogen-bond acceptors (Lipinski definition) is 2. The van der Waals surface area contributed by atoms with Crippen LogP contribution in [0.15, 0.2) is 103 Å². The fourth-order valence-corrected chi connectivity index (χ4v) is 7.29. The first kappa shape index (κ1) is 28.4. The summed E-state index contributed by atoms with van der Waals surface area (Å²) in [7, 11) is 0. The molecular formula is C43H32N4. The lowest BCUT2D eigenvalue weighted by atomic mass is 9.96. The number of nitriles is 2. The molecule has 0 saturated carbocycles. The van der Waals surface area contributed by atoms with E-state index in [0.717, 1.165) is 60.9 Å². The highest BCUT2D eigenvalue weighted by Gasteiger charge is 2.22. The number of fused-ring (bicyclic) bond motifs is 6. The highest BCUT2D eigenvalue weighted by Crippen LogP contribution is 2.41. The van der Waals surface area contributed by atoms with E-state index in [1.165, 1.54) is 33.0 Å². The molecule has 4 nitrogen and oxygen atoms in total. The molecule has 0 aliphatic carbocycles. The van der Waals surface area contributed by atoms with Crippen LogP contribution in [0.4, 0.5) is 0 Å². The lowest BCUT2D eigenvalue weighted by molar-refractivity contribution is 1.13. The monoisotopic (exact) mass is 604 g/mol. The minimum atomic E-state index is 0.575. The zero-order chi connectivity index (χ0) is 32.6. The van der Waals surface area contributed by atoms with E-state index in [9.17, 15) is 10.5 Å². The molecular weight excluding hydrogens is 573 g/mol. The quantitative estimate of drug-likeness (QED) is 0.201. The first-order chi connectivity index (χ1) is 22.7. The summed E-state index contributed by atoms with van der Waals surface area (Å²) in [6.45, 7) is 10.5. The summed E-state index contributed by atoms with van der Waals surface area (Å²) in [5.74, 6) is 0. The molecule has 0 bridgehead atoms. The normalized spacial score (nSPS) is 11.5. The van der Waals surface area contributed by atoms with E-state index in [-0.39, 0.29) is 0 Å². The molecule has 6 aromatic carbocycles. The predicted octanol–water partition coefficient (Wildman–Crippen LogP) is 10.8. The molecule has 0 aliphatic heterocycles. The molecule has 0 aliphatic rings. The van der Waals surface area contributed by atoms with E-state index >= 15 is 0 Å². The molecule has 0 fully saturated rings. The summed E-state index contributed by atoms with van der Waals surface area (Å²) < 4.78 is 4.52. The van der Waals surface area contributed by atoms with Gasteiger partial charge in [0.2, 0.25) is 0 Å². The third kappa shape index (κ3) is 4.42. The summed E-state index contributed by atoms with van der Waals surface area (Å²) in [4.78, 5) is 0. The lowest BCUT2D eigenvalue weighted by Gasteiger charge is -2.19. The molecule has 4 heteroatoms. The standard InChI is InChI=1S/C43H32N4/c1-25-6-10-38-34(16-25)35-17-26(2)7-11-39(35)46(38)42-22-33(31-15-29(5)14-30(20-31)23-44)43(21-32(42)24-45)47-40-12-8-27(3)18-36(40)37-19-28(4)9-13-41(37)47/h6-22H,1-5H3. The van der Waals surface area contributed by atoms with Crippen molar-refractivity contribution in [3.8, 4) is 34.6 Å². The van der Waals surface area contributed by atoms with Crippen LogP contribution in [-0.4, -0.2) is 9.13 Å². The maximum atomic E-state index is 10.8. The molecule has 0 unspecified atom stereocenters. The molecule has 224 valence electrons. The van der Waals surface area contributed by atoms with Crippen LogP contribution in [0.1, 0.15) is 38.9 Å². The highest BCUT2D eigenvalue weighted by atomic mass is 15.0. The van der Waals surface area contributed by atoms with Crippen LogP contribution < -0.4 is 0 Å². The van der Waals surface area contributed by atoms with Gasteiger partial charge in [-0.25, -0.2) is 0 Å². The van der Waals surface area contributed by atoms with Gasteiger partial charge in [0.1, 0.15) is 6.07 Å². The van der Waals surface area contributed by atoms with E-state index in [4.69, 9.17) is 0 Å². The summed E-state index contributed by atoms with van der Waals surface area (Å²) in [6, 6.07) is 41.3. The van der Waals surface area contributed by atoms with Crippen molar-refractivity contribution in [3.63, 3.8) is 0 Å². The topological polar surface area (TPSA) is 57.4 Å². The van der Waals surface area contributed by atoms with Gasteiger partial charge < -0.3 is 9.13 Å². The second-order valence-electron chi connectivity index (χ2n) is 13.0. The Balaban J connectivity index is 1.55. The van der Waals surface area contributed by atoms with Crippen molar-refractivity contribution in [2.45, 2.75) is 34.6 Å². The Labute approximate surface area is 274 Å². The molecule has 8 aromatic rings. The number of benzene rings is 6. The van der Waals surface area contributed by atoms with Crippen molar-refractivity contribution in [2.75, 3.05) is 0 Å². The van der Waals surface area contributed by atoms with Crippen molar-refractivity contribution in [1.82, 2.24) is 9.13 Å². The lowest BCUT2D eigenvalue weighted by Crippen LogP contribution is -2.04. The molecule has 0 atom stereocenters. The Bertz CT molecular complexity index is 2580. The first-order valence-corrected chi connectivity index (χ1v) is 15.9. The number of aryl methyl sites for hydroxylation is 5. The SMILES string of the molecule is Cc1cc(C#N)cc(-c2cc(-n3c4ccc(C)cc4c4cc(C)ccc43)c(C#N)cc2-n2c3ccc(C)cc3c3cc(C)ccc32)c1. The van der Waals surface area contributed by atoms with E-state index in [0.29, 0.717) is 11.1 Å². The minimum Gasteiger partial charge on any atom is -0.309 e. The van der Waals surface area contributed by atoms with Gasteiger partial charge in [0, 0.05) is 27.1 Å². The minimum absolute atomic E-state index is 0.575. The summed E-state index contributed by atoms with van der Waals surface area (Å²) in [5.41, 5.74) is 14.8. The Morgan fingerprint density at radius 1 is 0.426 bits per heavy atom. The van der Waals surface area contributed by atoms with E-state index in [1.54, 1.807) is 0 Å². The number of hydrogen-bond donors (Lipinski definition) is 0. The Hall–Kier alpha value is -6.10. The molecule has 2 heterocycles. The van der Waals surface area contributed by atoms with Crippen LogP contribution in [0.5, 0.6) is 0 Å². The van der Waals surface area contributed by atoms with Gasteiger partial charge in [-0.05, 0) is 119 Å². The van der Waals surface area contributed by atoms with Crippen LogP contribution in [0.3, 0.4) is 0 Å². The van der Waals surface area contributed by atoms with Gasteiger partial charge in [0.25, 0.3) is 0 Å². The zero-order valence-corrected chi connectivity index (χ0v) is 27.1. The van der Waals surface area contributed by atoms with Gasteiger partial charge in [-0.1, -0.05) is 52.6 Å². The van der Waals surface area contributed by atoms with E-state index < -0.39 is 0 Å². The van der Waals surface area contributed by atoms with Crippen LogP contribution in [0, 0.1) is 57.3 Å². The second kappa shape index (κ2) is 10.5. The molecule has 0 N–H and O–H groups in total. The van der Waals surface area contributed by atoms with Gasteiger partial charge in [-0.3, -0.25) is 0 Å². The second-order valence-corrected chi connectivity index (χ2v) is 13.0. The molecule has 47 heavy (non-hydrogen) atoms. The van der Waals surface area contributed by atoms with Gasteiger partial charge >= 0.3 is 0 Å². The fraction of sp³-hybridized carbons (Fsp3) is 0.116. The van der Waals surface area contributed by atoms with E-state index in [2.05, 4.69) is 134 Å². The van der Waals surface area contributed by atoms with Gasteiger partial charge in [-0.15, -0.1) is 0 Å². The van der Waals surface area contributed by atoms with Crippen LogP contribution in [0.25, 0.3) is 66.1 Å². The van der Waals surface area contributed by atoms with E-state index in [1.807, 2.05) is 25.1 Å². The smallest absolute Gasteiger partial charge is 0.101 e. The van der Waals surface area contributed by atoms with Crippen LogP contribution in [0.2, 0.25) is 0 Å². The molecule has 0 spiro atoms. The molecule has 8 rings (SSSR count). The predicted molar refractivity (Wildman–Crippen MR) is 194 cm³/mol. The number of nitrogens with zero attached hydrogens (tertiary/aromatic N) is 4. The Morgan fingerprint density at radius 3 is 1.30 bits per heavy atom. The fourth-order valence-electron chi connectivity index (χ4n) is 7.29. The molecule has 0 amide bonds. The van der Waals surface area contributed by atoms with Crippen LogP contribution in [-0.2, 0) is 0 Å². The zero-order valence-electron chi connectivity index (χ0n) is 27.1. The molecule has 0 saturated heterocycles. The maximum absolute atomic E-state index is 10.8. The van der Waals surface area contributed by atoms with Crippen LogP contribution >= 0.6 is 0 Å². The maximum Gasteiger partial charge on any atom is 0.101 e. The third-order valence-electron chi connectivity index (χ3n) is 9.39. The molecule has 0 radical (unpaired) electrons. The Kier molecular flexibility index (Phi) is 6.33. The summed E-state index contributed by atoms with van der Waals surface area (Å²) in [6.07, 6.45) is 0. The van der Waals surface area contributed by atoms with Crippen molar-refractivity contribution in [2.24, 2.45) is 0 Å². The first-order valence-electron chi connectivity index (χ1n) is 15.9.